The van der Waals surface area contributed by atoms with Crippen molar-refractivity contribution in [2.45, 2.75) is 92.9 Å². The second-order valence-corrected chi connectivity index (χ2v) is 8.07. The normalized spacial score (nSPS) is 12.8. The zero-order chi connectivity index (χ0) is 14.2. The van der Waals surface area contributed by atoms with E-state index in [2.05, 4.69) is 41.5 Å². The summed E-state index contributed by atoms with van der Waals surface area (Å²) in [5.74, 6) is 0.459. The largest absolute Gasteiger partial charge is 0.300 e. The van der Waals surface area contributed by atoms with Crippen LogP contribution < -0.4 is 0 Å². The highest BCUT2D eigenvalue weighted by atomic mass is 16.1. The van der Waals surface area contributed by atoms with Crippen molar-refractivity contribution in [2.24, 2.45) is 10.8 Å². The molecule has 0 aromatic rings. The molecule has 1 nitrogen and oxygen atoms in total. The third-order valence-electron chi connectivity index (χ3n) is 3.29. The van der Waals surface area contributed by atoms with E-state index in [1.165, 1.54) is 25.7 Å². The first-order valence-corrected chi connectivity index (χ1v) is 7.62. The Balaban J connectivity index is 3.42. The van der Waals surface area contributed by atoms with Crippen molar-refractivity contribution in [1.29, 1.82) is 0 Å². The van der Waals surface area contributed by atoms with Gasteiger partial charge in [0.05, 0.1) is 0 Å². The second kappa shape index (κ2) is 7.96. The molecule has 0 rings (SSSR count). The highest BCUT2D eigenvalue weighted by molar-refractivity contribution is 5.78. The summed E-state index contributed by atoms with van der Waals surface area (Å²) in [5, 5.41) is 0. The molecule has 0 aliphatic carbocycles. The topological polar surface area (TPSA) is 17.1 Å². The third-order valence-corrected chi connectivity index (χ3v) is 3.29. The summed E-state index contributed by atoms with van der Waals surface area (Å²) in [4.78, 5) is 11.7. The minimum Gasteiger partial charge on any atom is -0.300 e. The predicted octanol–water partition coefficient (Wildman–Crippen LogP) is 5.77. The van der Waals surface area contributed by atoms with Gasteiger partial charge in [-0.25, -0.2) is 0 Å². The van der Waals surface area contributed by atoms with E-state index in [1.54, 1.807) is 0 Å². The molecule has 0 atom stereocenters. The molecular formula is C17H34O. The average Bonchev–Trinajstić information content (AvgIpc) is 2.17. The Morgan fingerprint density at radius 3 is 1.67 bits per heavy atom. The number of Topliss-reactive ketones (excluding diaryl/α,β-unsaturated/α-hetero) is 1. The van der Waals surface area contributed by atoms with Crippen LogP contribution in [0, 0.1) is 10.8 Å². The fraction of sp³-hybridized carbons (Fsp3) is 0.941. The predicted molar refractivity (Wildman–Crippen MR) is 80.9 cm³/mol. The van der Waals surface area contributed by atoms with Gasteiger partial charge in [-0.15, -0.1) is 0 Å². The molecule has 0 fully saturated rings. The summed E-state index contributed by atoms with van der Waals surface area (Å²) in [6.45, 7) is 13.5. The molecule has 1 heteroatoms. The van der Waals surface area contributed by atoms with Crippen molar-refractivity contribution in [3.63, 3.8) is 0 Å². The maximum absolute atomic E-state index is 11.7. The van der Waals surface area contributed by atoms with Gasteiger partial charge in [-0.3, -0.25) is 4.79 Å². The Labute approximate surface area is 115 Å². The van der Waals surface area contributed by atoms with Gasteiger partial charge in [-0.1, -0.05) is 60.8 Å². The Kier molecular flexibility index (Phi) is 7.82. The first-order chi connectivity index (χ1) is 8.10. The monoisotopic (exact) mass is 254 g/mol. The van der Waals surface area contributed by atoms with Crippen LogP contribution in [0.15, 0.2) is 0 Å². The molecule has 0 N–H and O–H groups in total. The molecule has 0 spiro atoms. The van der Waals surface area contributed by atoms with Gasteiger partial charge in [0, 0.05) is 12.8 Å². The molecule has 0 amide bonds. The van der Waals surface area contributed by atoms with Crippen molar-refractivity contribution in [3.05, 3.63) is 0 Å². The zero-order valence-corrected chi connectivity index (χ0v) is 13.6. The summed E-state index contributed by atoms with van der Waals surface area (Å²) in [5.41, 5.74) is 0.755. The lowest BCUT2D eigenvalue weighted by Crippen LogP contribution is -2.08. The van der Waals surface area contributed by atoms with Gasteiger partial charge in [-0.05, 0) is 30.1 Å². The molecule has 108 valence electrons. The number of carbonyl (C=O) groups is 1. The molecule has 0 saturated carbocycles. The van der Waals surface area contributed by atoms with Crippen LogP contribution in [0.5, 0.6) is 0 Å². The SMILES string of the molecule is CC(C)(C)CCCCCCC(=O)CCC(C)(C)C. The smallest absolute Gasteiger partial charge is 0.132 e. The van der Waals surface area contributed by atoms with Gasteiger partial charge < -0.3 is 0 Å². The molecule has 0 radical (unpaired) electrons. The fourth-order valence-electron chi connectivity index (χ4n) is 1.97. The van der Waals surface area contributed by atoms with E-state index in [4.69, 9.17) is 0 Å². The highest BCUT2D eigenvalue weighted by Crippen LogP contribution is 2.23. The number of hydrogen-bond donors (Lipinski definition) is 0. The Morgan fingerprint density at radius 2 is 1.17 bits per heavy atom. The molecule has 0 saturated heterocycles. The van der Waals surface area contributed by atoms with Crippen LogP contribution in [-0.2, 0) is 4.79 Å². The minimum absolute atomic E-state index is 0.294. The Bertz CT molecular complexity index is 227. The fourth-order valence-corrected chi connectivity index (χ4v) is 1.97. The summed E-state index contributed by atoms with van der Waals surface area (Å²) in [6.07, 6.45) is 8.78. The van der Waals surface area contributed by atoms with Crippen molar-refractivity contribution in [1.82, 2.24) is 0 Å². The molecular weight excluding hydrogens is 220 g/mol. The van der Waals surface area contributed by atoms with Gasteiger partial charge in [0.15, 0.2) is 0 Å². The van der Waals surface area contributed by atoms with E-state index in [-0.39, 0.29) is 0 Å². The molecule has 0 aromatic heterocycles. The Morgan fingerprint density at radius 1 is 0.667 bits per heavy atom. The molecule has 0 unspecified atom stereocenters. The van der Waals surface area contributed by atoms with Crippen molar-refractivity contribution in [2.75, 3.05) is 0 Å². The quantitative estimate of drug-likeness (QED) is 0.503. The lowest BCUT2D eigenvalue weighted by molar-refractivity contribution is -0.119. The average molecular weight is 254 g/mol. The van der Waals surface area contributed by atoms with E-state index in [1.807, 2.05) is 0 Å². The standard InChI is InChI=1S/C17H34O/c1-16(2,3)13-10-8-7-9-11-15(18)12-14-17(4,5)6/h7-14H2,1-6H3. The van der Waals surface area contributed by atoms with E-state index < -0.39 is 0 Å². The third kappa shape index (κ3) is 13.7. The zero-order valence-electron chi connectivity index (χ0n) is 13.6. The van der Waals surface area contributed by atoms with Crippen LogP contribution in [0.4, 0.5) is 0 Å². The van der Waals surface area contributed by atoms with Crippen molar-refractivity contribution in [3.8, 4) is 0 Å². The molecule has 0 aliphatic heterocycles. The van der Waals surface area contributed by atoms with Gasteiger partial charge >= 0.3 is 0 Å². The maximum atomic E-state index is 11.7. The van der Waals surface area contributed by atoms with Crippen molar-refractivity contribution < 1.29 is 4.79 Å². The molecule has 0 bridgehead atoms. The first kappa shape index (κ1) is 17.7. The van der Waals surface area contributed by atoms with Gasteiger partial charge in [-0.2, -0.15) is 0 Å². The van der Waals surface area contributed by atoms with Crippen LogP contribution in [0.3, 0.4) is 0 Å². The maximum Gasteiger partial charge on any atom is 0.132 e. The van der Waals surface area contributed by atoms with E-state index in [0.717, 1.165) is 25.7 Å². The number of ketones is 1. The summed E-state index contributed by atoms with van der Waals surface area (Å²) in [7, 11) is 0. The van der Waals surface area contributed by atoms with Crippen LogP contribution in [-0.4, -0.2) is 5.78 Å². The lowest BCUT2D eigenvalue weighted by atomic mass is 9.88. The van der Waals surface area contributed by atoms with E-state index in [0.29, 0.717) is 16.6 Å². The number of unbranched alkanes of at least 4 members (excludes halogenated alkanes) is 3. The molecule has 0 heterocycles. The minimum atomic E-state index is 0.294. The number of hydrogen-bond acceptors (Lipinski definition) is 1. The molecule has 0 aromatic carbocycles. The number of rotatable bonds is 8. The summed E-state index contributed by atoms with van der Waals surface area (Å²) < 4.78 is 0. The van der Waals surface area contributed by atoms with Crippen LogP contribution in [0.2, 0.25) is 0 Å². The van der Waals surface area contributed by atoms with Gasteiger partial charge in [0.25, 0.3) is 0 Å². The van der Waals surface area contributed by atoms with Crippen LogP contribution in [0.25, 0.3) is 0 Å². The second-order valence-electron chi connectivity index (χ2n) is 8.07. The first-order valence-electron chi connectivity index (χ1n) is 7.62. The highest BCUT2D eigenvalue weighted by Gasteiger charge is 2.12. The Hall–Kier alpha value is -0.330. The van der Waals surface area contributed by atoms with Crippen LogP contribution in [0.1, 0.15) is 92.9 Å². The van der Waals surface area contributed by atoms with Gasteiger partial charge in [0.2, 0.25) is 0 Å². The van der Waals surface area contributed by atoms with E-state index >= 15 is 0 Å². The number of carbonyl (C=O) groups excluding carboxylic acids is 1. The van der Waals surface area contributed by atoms with Crippen LogP contribution >= 0.6 is 0 Å². The molecule has 0 aliphatic rings. The molecule has 18 heavy (non-hydrogen) atoms. The summed E-state index contributed by atoms with van der Waals surface area (Å²) in [6, 6.07) is 0. The van der Waals surface area contributed by atoms with Gasteiger partial charge in [0.1, 0.15) is 5.78 Å². The van der Waals surface area contributed by atoms with Crippen molar-refractivity contribution >= 4 is 5.78 Å². The lowest BCUT2D eigenvalue weighted by Gasteiger charge is -2.17. The summed E-state index contributed by atoms with van der Waals surface area (Å²) >= 11 is 0. The van der Waals surface area contributed by atoms with E-state index in [9.17, 15) is 4.79 Å².